The van der Waals surface area contributed by atoms with Crippen LogP contribution in [0.1, 0.15) is 46.6 Å². The maximum atomic E-state index is 12.9. The number of ether oxygens (including phenoxy) is 2. The van der Waals surface area contributed by atoms with Crippen molar-refractivity contribution in [1.29, 1.82) is 0 Å². The Morgan fingerprint density at radius 2 is 1.71 bits per heavy atom. The number of carbonyl (C=O) groups is 3. The molecule has 1 rings (SSSR count). The van der Waals surface area contributed by atoms with Gasteiger partial charge in [-0.1, -0.05) is 38.6 Å². The van der Waals surface area contributed by atoms with Crippen LogP contribution in [0.5, 0.6) is 5.75 Å². The third kappa shape index (κ3) is 10.5. The molecular formula is C23H34N2O6. The molecule has 0 aliphatic heterocycles. The lowest BCUT2D eigenvalue weighted by molar-refractivity contribution is -0.142. The lowest BCUT2D eigenvalue weighted by atomic mass is 10.0. The molecule has 1 aromatic rings. The van der Waals surface area contributed by atoms with Gasteiger partial charge in [-0.25, -0.2) is 9.59 Å². The number of carbonyl (C=O) groups excluding carboxylic acids is 2. The maximum Gasteiger partial charge on any atom is 0.408 e. The second kappa shape index (κ2) is 12.0. The smallest absolute Gasteiger partial charge is 0.408 e. The standard InChI is InChI=1S/C23H34N2O6/c1-7-12-30-17-10-8-16(9-11-17)14-18(25-22(29)31-23(4,5)6)20(26)24-19(21(27)28)13-15(2)3/h7-11,15,18-19H,1,12-14H2,2-6H3,(H,24,26)(H,25,29)(H,27,28). The van der Waals surface area contributed by atoms with Crippen molar-refractivity contribution in [2.75, 3.05) is 6.61 Å². The number of alkyl carbamates (subject to hydrolysis) is 1. The Bertz CT molecular complexity index is 752. The summed E-state index contributed by atoms with van der Waals surface area (Å²) in [4.78, 5) is 36.7. The van der Waals surface area contributed by atoms with Gasteiger partial charge in [0.15, 0.2) is 0 Å². The van der Waals surface area contributed by atoms with E-state index in [0.717, 1.165) is 5.56 Å². The van der Waals surface area contributed by atoms with Gasteiger partial charge in [0.1, 0.15) is 30.0 Å². The molecule has 0 saturated carbocycles. The summed E-state index contributed by atoms with van der Waals surface area (Å²) >= 11 is 0. The number of aliphatic carboxylic acids is 1. The molecule has 0 radical (unpaired) electrons. The number of carboxylic acids is 1. The highest BCUT2D eigenvalue weighted by Gasteiger charge is 2.28. The van der Waals surface area contributed by atoms with Crippen molar-refractivity contribution in [3.63, 3.8) is 0 Å². The van der Waals surface area contributed by atoms with Crippen LogP contribution < -0.4 is 15.4 Å². The van der Waals surface area contributed by atoms with E-state index in [4.69, 9.17) is 9.47 Å². The van der Waals surface area contributed by atoms with E-state index < -0.39 is 35.7 Å². The molecule has 3 N–H and O–H groups in total. The van der Waals surface area contributed by atoms with Gasteiger partial charge in [0.05, 0.1) is 0 Å². The number of nitrogens with one attached hydrogen (secondary N) is 2. The largest absolute Gasteiger partial charge is 0.490 e. The normalized spacial score (nSPS) is 13.1. The highest BCUT2D eigenvalue weighted by Crippen LogP contribution is 2.15. The summed E-state index contributed by atoms with van der Waals surface area (Å²) in [6, 6.07) is 4.99. The van der Waals surface area contributed by atoms with Crippen LogP contribution in [-0.2, 0) is 20.7 Å². The van der Waals surface area contributed by atoms with Gasteiger partial charge in [-0.2, -0.15) is 0 Å². The van der Waals surface area contributed by atoms with Gasteiger partial charge in [0.2, 0.25) is 5.91 Å². The zero-order valence-corrected chi connectivity index (χ0v) is 18.9. The van der Waals surface area contributed by atoms with Gasteiger partial charge in [0.25, 0.3) is 0 Å². The van der Waals surface area contributed by atoms with E-state index in [1.54, 1.807) is 51.1 Å². The monoisotopic (exact) mass is 434 g/mol. The summed E-state index contributed by atoms with van der Waals surface area (Å²) < 4.78 is 10.7. The molecule has 0 bridgehead atoms. The molecule has 0 spiro atoms. The van der Waals surface area contributed by atoms with Crippen LogP contribution in [0, 0.1) is 5.92 Å². The van der Waals surface area contributed by atoms with E-state index in [-0.39, 0.29) is 18.8 Å². The summed E-state index contributed by atoms with van der Waals surface area (Å²) in [6.45, 7) is 12.9. The molecule has 0 aromatic heterocycles. The molecule has 1 aromatic carbocycles. The molecule has 31 heavy (non-hydrogen) atoms. The van der Waals surface area contributed by atoms with Crippen LogP contribution >= 0.6 is 0 Å². The lowest BCUT2D eigenvalue weighted by Crippen LogP contribution is -2.53. The number of benzene rings is 1. The Morgan fingerprint density at radius 1 is 1.10 bits per heavy atom. The minimum atomic E-state index is -1.12. The maximum absolute atomic E-state index is 12.9. The topological polar surface area (TPSA) is 114 Å². The fourth-order valence-electron chi connectivity index (χ4n) is 2.74. The van der Waals surface area contributed by atoms with E-state index in [1.165, 1.54) is 0 Å². The molecule has 0 aliphatic rings. The zero-order valence-electron chi connectivity index (χ0n) is 18.9. The van der Waals surface area contributed by atoms with Crippen LogP contribution in [0.2, 0.25) is 0 Å². The Kier molecular flexibility index (Phi) is 10.0. The van der Waals surface area contributed by atoms with Crippen LogP contribution in [0.15, 0.2) is 36.9 Å². The first-order valence-corrected chi connectivity index (χ1v) is 10.3. The Labute approximate surface area is 184 Å². The first-order valence-electron chi connectivity index (χ1n) is 10.3. The van der Waals surface area contributed by atoms with Crippen molar-refractivity contribution in [1.82, 2.24) is 10.6 Å². The Balaban J connectivity index is 2.98. The van der Waals surface area contributed by atoms with E-state index in [2.05, 4.69) is 17.2 Å². The molecule has 2 unspecified atom stereocenters. The van der Waals surface area contributed by atoms with E-state index in [9.17, 15) is 19.5 Å². The molecule has 172 valence electrons. The van der Waals surface area contributed by atoms with E-state index >= 15 is 0 Å². The molecule has 0 saturated heterocycles. The highest BCUT2D eigenvalue weighted by molar-refractivity contribution is 5.89. The molecular weight excluding hydrogens is 400 g/mol. The second-order valence-corrected chi connectivity index (χ2v) is 8.68. The third-order valence-corrected chi connectivity index (χ3v) is 4.06. The van der Waals surface area contributed by atoms with E-state index in [1.807, 2.05) is 13.8 Å². The van der Waals surface area contributed by atoms with Gasteiger partial charge in [-0.15, -0.1) is 0 Å². The van der Waals surface area contributed by atoms with Crippen LogP contribution in [0.25, 0.3) is 0 Å². The fourth-order valence-corrected chi connectivity index (χ4v) is 2.74. The first kappa shape index (κ1) is 26.0. The van der Waals surface area contributed by atoms with Gasteiger partial charge in [0, 0.05) is 6.42 Å². The minimum Gasteiger partial charge on any atom is -0.490 e. The molecule has 0 aliphatic carbocycles. The Hall–Kier alpha value is -3.03. The first-order chi connectivity index (χ1) is 14.4. The van der Waals surface area contributed by atoms with Crippen molar-refractivity contribution in [2.24, 2.45) is 5.92 Å². The van der Waals surface area contributed by atoms with Crippen molar-refractivity contribution < 1.29 is 29.0 Å². The number of rotatable bonds is 11. The predicted molar refractivity (Wildman–Crippen MR) is 118 cm³/mol. The van der Waals surface area contributed by atoms with Crippen molar-refractivity contribution in [3.8, 4) is 5.75 Å². The average molecular weight is 435 g/mol. The van der Waals surface area contributed by atoms with E-state index in [0.29, 0.717) is 12.4 Å². The summed E-state index contributed by atoms with van der Waals surface area (Å²) in [5, 5.41) is 14.5. The van der Waals surface area contributed by atoms with Gasteiger partial charge in [-0.3, -0.25) is 4.79 Å². The van der Waals surface area contributed by atoms with Crippen LogP contribution in [-0.4, -0.2) is 47.4 Å². The quantitative estimate of drug-likeness (QED) is 0.461. The lowest BCUT2D eigenvalue weighted by Gasteiger charge is -2.25. The van der Waals surface area contributed by atoms with Crippen LogP contribution in [0.4, 0.5) is 4.79 Å². The molecule has 0 heterocycles. The number of hydrogen-bond acceptors (Lipinski definition) is 5. The van der Waals surface area contributed by atoms with Crippen molar-refractivity contribution in [3.05, 3.63) is 42.5 Å². The average Bonchev–Trinajstić information content (AvgIpc) is 2.64. The van der Waals surface area contributed by atoms with Gasteiger partial charge in [-0.05, 0) is 50.8 Å². The SMILES string of the molecule is C=CCOc1ccc(CC(NC(=O)OC(C)(C)C)C(=O)NC(CC(C)C)C(=O)O)cc1. The van der Waals surface area contributed by atoms with Crippen molar-refractivity contribution >= 4 is 18.0 Å². The van der Waals surface area contributed by atoms with Crippen molar-refractivity contribution in [2.45, 2.75) is 65.1 Å². The third-order valence-electron chi connectivity index (χ3n) is 4.06. The van der Waals surface area contributed by atoms with Crippen LogP contribution in [0.3, 0.4) is 0 Å². The van der Waals surface area contributed by atoms with Gasteiger partial charge < -0.3 is 25.2 Å². The summed E-state index contributed by atoms with van der Waals surface area (Å²) in [6.07, 6.45) is 1.31. The fraction of sp³-hybridized carbons (Fsp3) is 0.522. The minimum absolute atomic E-state index is 0.0711. The number of hydrogen-bond donors (Lipinski definition) is 3. The molecule has 2 amide bonds. The number of amides is 2. The number of carboxylic acid groups (broad SMARTS) is 1. The second-order valence-electron chi connectivity index (χ2n) is 8.68. The molecule has 0 fully saturated rings. The molecule has 8 heteroatoms. The summed E-state index contributed by atoms with van der Waals surface area (Å²) in [5.74, 6) is -0.998. The summed E-state index contributed by atoms with van der Waals surface area (Å²) in [7, 11) is 0. The predicted octanol–water partition coefficient (Wildman–Crippen LogP) is 3.30. The molecule has 2 atom stereocenters. The Morgan fingerprint density at radius 3 is 2.19 bits per heavy atom. The van der Waals surface area contributed by atoms with Gasteiger partial charge >= 0.3 is 12.1 Å². The molecule has 8 nitrogen and oxygen atoms in total. The summed E-state index contributed by atoms with van der Waals surface area (Å²) in [5.41, 5.74) is 0.0223. The zero-order chi connectivity index (χ0) is 23.6. The highest BCUT2D eigenvalue weighted by atomic mass is 16.6.